The van der Waals surface area contributed by atoms with Crippen LogP contribution in [0.25, 0.3) is 10.9 Å². The number of nitrogens with zero attached hydrogens (tertiary/aromatic N) is 3. The molecule has 0 radical (unpaired) electrons. The second-order valence-electron chi connectivity index (χ2n) is 4.43. The van der Waals surface area contributed by atoms with Crippen molar-refractivity contribution in [2.24, 2.45) is 0 Å². The molecule has 0 atom stereocenters. The van der Waals surface area contributed by atoms with Crippen LogP contribution in [-0.2, 0) is 0 Å². The van der Waals surface area contributed by atoms with E-state index in [1.54, 1.807) is 0 Å². The highest BCUT2D eigenvalue weighted by Gasteiger charge is 2.11. The van der Waals surface area contributed by atoms with Gasteiger partial charge in [0.15, 0.2) is 0 Å². The quantitative estimate of drug-likeness (QED) is 0.818. The summed E-state index contributed by atoms with van der Waals surface area (Å²) in [6.45, 7) is 4.00. The number of anilines is 1. The Bertz CT molecular complexity index is 609. The minimum atomic E-state index is 0.680. The maximum Gasteiger partial charge on any atom is 0.129 e. The number of pyridine rings is 1. The topological polar surface area (TPSA) is 52.0 Å². The normalized spacial score (nSPS) is 15.6. The molecule has 4 nitrogen and oxygen atoms in total. The second kappa shape index (κ2) is 4.63. The van der Waals surface area contributed by atoms with Crippen molar-refractivity contribution < 1.29 is 0 Å². The zero-order valence-electron chi connectivity index (χ0n) is 10.1. The van der Waals surface area contributed by atoms with Crippen LogP contribution in [0.5, 0.6) is 0 Å². The van der Waals surface area contributed by atoms with Crippen LogP contribution in [0.15, 0.2) is 30.3 Å². The number of rotatable bonds is 1. The fourth-order valence-corrected chi connectivity index (χ4v) is 2.25. The third-order valence-electron chi connectivity index (χ3n) is 3.24. The van der Waals surface area contributed by atoms with E-state index in [1.807, 2.05) is 30.3 Å². The lowest BCUT2D eigenvalue weighted by atomic mass is 10.1. The fourth-order valence-electron chi connectivity index (χ4n) is 2.25. The third kappa shape index (κ3) is 2.01. The van der Waals surface area contributed by atoms with Gasteiger partial charge in [0.1, 0.15) is 5.82 Å². The standard InChI is InChI=1S/C14H14N4/c15-10-11-1-3-13-12(9-11)2-4-14(17-13)18-7-5-16-6-8-18/h1-4,9,16H,5-8H2. The molecule has 1 aromatic carbocycles. The SMILES string of the molecule is N#Cc1ccc2nc(N3CCNCC3)ccc2c1. The van der Waals surface area contributed by atoms with Crippen LogP contribution >= 0.6 is 0 Å². The van der Waals surface area contributed by atoms with Gasteiger partial charge in [-0.15, -0.1) is 0 Å². The van der Waals surface area contributed by atoms with Crippen LogP contribution in [0.3, 0.4) is 0 Å². The number of hydrogen-bond acceptors (Lipinski definition) is 4. The zero-order chi connectivity index (χ0) is 12.4. The maximum absolute atomic E-state index is 8.87. The number of nitrogens with one attached hydrogen (secondary N) is 1. The van der Waals surface area contributed by atoms with E-state index in [2.05, 4.69) is 21.3 Å². The van der Waals surface area contributed by atoms with Gasteiger partial charge in [-0.2, -0.15) is 5.26 Å². The molecule has 90 valence electrons. The van der Waals surface area contributed by atoms with Gasteiger partial charge in [0.25, 0.3) is 0 Å². The minimum absolute atomic E-state index is 0.680. The smallest absolute Gasteiger partial charge is 0.129 e. The van der Waals surface area contributed by atoms with E-state index >= 15 is 0 Å². The molecule has 1 aromatic heterocycles. The summed E-state index contributed by atoms with van der Waals surface area (Å²) < 4.78 is 0. The van der Waals surface area contributed by atoms with Gasteiger partial charge in [-0.25, -0.2) is 4.98 Å². The monoisotopic (exact) mass is 238 g/mol. The molecule has 2 aromatic rings. The van der Waals surface area contributed by atoms with E-state index in [0.29, 0.717) is 5.56 Å². The molecule has 2 heterocycles. The number of piperazine rings is 1. The van der Waals surface area contributed by atoms with Crippen molar-refractivity contribution in [3.63, 3.8) is 0 Å². The highest BCUT2D eigenvalue weighted by Crippen LogP contribution is 2.19. The molecule has 1 fully saturated rings. The van der Waals surface area contributed by atoms with Crippen molar-refractivity contribution in [3.8, 4) is 6.07 Å². The molecule has 0 amide bonds. The summed E-state index contributed by atoms with van der Waals surface area (Å²) >= 11 is 0. The van der Waals surface area contributed by atoms with E-state index in [0.717, 1.165) is 42.9 Å². The first kappa shape index (κ1) is 11.0. The molecule has 0 unspecified atom stereocenters. The highest BCUT2D eigenvalue weighted by molar-refractivity contribution is 5.81. The summed E-state index contributed by atoms with van der Waals surface area (Å²) in [4.78, 5) is 6.95. The number of nitriles is 1. The summed E-state index contributed by atoms with van der Waals surface area (Å²) in [6, 6.07) is 11.8. The second-order valence-corrected chi connectivity index (χ2v) is 4.43. The van der Waals surface area contributed by atoms with Crippen LogP contribution in [0, 0.1) is 11.3 Å². The van der Waals surface area contributed by atoms with Crippen molar-refractivity contribution in [2.45, 2.75) is 0 Å². The minimum Gasteiger partial charge on any atom is -0.354 e. The van der Waals surface area contributed by atoms with E-state index in [4.69, 9.17) is 5.26 Å². The molecule has 1 aliphatic rings. The summed E-state index contributed by atoms with van der Waals surface area (Å²) in [5.74, 6) is 1.02. The van der Waals surface area contributed by atoms with E-state index in [-0.39, 0.29) is 0 Å². The molecule has 3 rings (SSSR count). The molecule has 4 heteroatoms. The maximum atomic E-state index is 8.87. The average molecular weight is 238 g/mol. The van der Waals surface area contributed by atoms with Crippen LogP contribution in [-0.4, -0.2) is 31.2 Å². The molecule has 1 saturated heterocycles. The molecule has 18 heavy (non-hydrogen) atoms. The molecule has 0 saturated carbocycles. The van der Waals surface area contributed by atoms with Gasteiger partial charge in [-0.3, -0.25) is 0 Å². The van der Waals surface area contributed by atoms with Gasteiger partial charge in [0.2, 0.25) is 0 Å². The van der Waals surface area contributed by atoms with Gasteiger partial charge >= 0.3 is 0 Å². The Kier molecular flexibility index (Phi) is 2.83. The van der Waals surface area contributed by atoms with Crippen LogP contribution in [0.1, 0.15) is 5.56 Å². The number of aromatic nitrogens is 1. The van der Waals surface area contributed by atoms with Gasteiger partial charge in [-0.1, -0.05) is 0 Å². The fraction of sp³-hybridized carbons (Fsp3) is 0.286. The highest BCUT2D eigenvalue weighted by atomic mass is 15.2. The van der Waals surface area contributed by atoms with E-state index in [1.165, 1.54) is 0 Å². The Morgan fingerprint density at radius 1 is 1.17 bits per heavy atom. The Morgan fingerprint density at radius 2 is 2.00 bits per heavy atom. The first-order chi connectivity index (χ1) is 8.86. The summed E-state index contributed by atoms with van der Waals surface area (Å²) in [5.41, 5.74) is 1.63. The van der Waals surface area contributed by atoms with Gasteiger partial charge in [0, 0.05) is 31.6 Å². The first-order valence-corrected chi connectivity index (χ1v) is 6.13. The third-order valence-corrected chi connectivity index (χ3v) is 3.24. The van der Waals surface area contributed by atoms with Gasteiger partial charge < -0.3 is 10.2 Å². The number of fused-ring (bicyclic) bond motifs is 1. The lowest BCUT2D eigenvalue weighted by molar-refractivity contribution is 0.585. The van der Waals surface area contributed by atoms with Crippen LogP contribution in [0.2, 0.25) is 0 Å². The van der Waals surface area contributed by atoms with Gasteiger partial charge in [0.05, 0.1) is 17.1 Å². The Balaban J connectivity index is 1.98. The summed E-state index contributed by atoms with van der Waals surface area (Å²) in [5, 5.41) is 13.2. The van der Waals surface area contributed by atoms with Crippen LogP contribution in [0.4, 0.5) is 5.82 Å². The number of hydrogen-bond donors (Lipinski definition) is 1. The van der Waals surface area contributed by atoms with Crippen molar-refractivity contribution in [1.29, 1.82) is 5.26 Å². The van der Waals surface area contributed by atoms with Gasteiger partial charge in [-0.05, 0) is 30.3 Å². The molecule has 1 aliphatic heterocycles. The Labute approximate surface area is 106 Å². The predicted molar refractivity (Wildman–Crippen MR) is 71.5 cm³/mol. The largest absolute Gasteiger partial charge is 0.354 e. The Hall–Kier alpha value is -2.12. The van der Waals surface area contributed by atoms with Crippen molar-refractivity contribution in [2.75, 3.05) is 31.1 Å². The van der Waals surface area contributed by atoms with E-state index in [9.17, 15) is 0 Å². The molecule has 0 aliphatic carbocycles. The zero-order valence-corrected chi connectivity index (χ0v) is 10.1. The lowest BCUT2D eigenvalue weighted by Gasteiger charge is -2.28. The molecule has 0 spiro atoms. The summed E-state index contributed by atoms with van der Waals surface area (Å²) in [7, 11) is 0. The molecule has 1 N–H and O–H groups in total. The van der Waals surface area contributed by atoms with Crippen molar-refractivity contribution in [1.82, 2.24) is 10.3 Å². The molecular formula is C14H14N4. The lowest BCUT2D eigenvalue weighted by Crippen LogP contribution is -2.43. The number of benzene rings is 1. The average Bonchev–Trinajstić information content (AvgIpc) is 2.47. The molecular weight excluding hydrogens is 224 g/mol. The van der Waals surface area contributed by atoms with Crippen molar-refractivity contribution in [3.05, 3.63) is 35.9 Å². The van der Waals surface area contributed by atoms with Crippen molar-refractivity contribution >= 4 is 16.7 Å². The van der Waals surface area contributed by atoms with Crippen LogP contribution < -0.4 is 10.2 Å². The predicted octanol–water partition coefficient (Wildman–Crippen LogP) is 1.52. The Morgan fingerprint density at radius 3 is 2.78 bits per heavy atom. The summed E-state index contributed by atoms with van der Waals surface area (Å²) in [6.07, 6.45) is 0. The molecule has 0 bridgehead atoms. The van der Waals surface area contributed by atoms with E-state index < -0.39 is 0 Å². The first-order valence-electron chi connectivity index (χ1n) is 6.13.